The minimum absolute atomic E-state index is 0.275. The van der Waals surface area contributed by atoms with Crippen LogP contribution in [0.4, 0.5) is 13.2 Å². The molecule has 4 heteroatoms. The van der Waals surface area contributed by atoms with Crippen LogP contribution in [0.1, 0.15) is 80.9 Å². The second kappa shape index (κ2) is 10.9. The molecule has 3 rings (SSSR count). The Bertz CT molecular complexity index is 825. The molecular formula is C26H33F3O. The molecule has 0 bridgehead atoms. The monoisotopic (exact) mass is 418 g/mol. The Morgan fingerprint density at radius 1 is 0.933 bits per heavy atom. The number of hydrogen-bond donors (Lipinski definition) is 0. The zero-order chi connectivity index (χ0) is 21.5. The third-order valence-electron chi connectivity index (χ3n) is 6.46. The quantitative estimate of drug-likeness (QED) is 0.376. The molecule has 2 aromatic rings. The third-order valence-corrected chi connectivity index (χ3v) is 6.46. The van der Waals surface area contributed by atoms with Crippen molar-refractivity contribution in [3.63, 3.8) is 0 Å². The van der Waals surface area contributed by atoms with E-state index in [0.29, 0.717) is 41.7 Å². The van der Waals surface area contributed by atoms with Crippen molar-refractivity contribution in [2.45, 2.75) is 77.6 Å². The number of rotatable bonds is 9. The molecule has 30 heavy (non-hydrogen) atoms. The van der Waals surface area contributed by atoms with Crippen molar-refractivity contribution in [1.29, 1.82) is 0 Å². The normalized spacial score (nSPS) is 19.1. The van der Waals surface area contributed by atoms with Crippen LogP contribution in [-0.4, -0.2) is 6.61 Å². The minimum atomic E-state index is -0.726. The lowest BCUT2D eigenvalue weighted by molar-refractivity contribution is 0.289. The Kier molecular flexibility index (Phi) is 8.24. The smallest absolute Gasteiger partial charge is 0.165 e. The Morgan fingerprint density at radius 2 is 1.70 bits per heavy atom. The van der Waals surface area contributed by atoms with E-state index in [9.17, 15) is 13.2 Å². The van der Waals surface area contributed by atoms with Gasteiger partial charge in [-0.3, -0.25) is 0 Å². The summed E-state index contributed by atoms with van der Waals surface area (Å²) in [6.45, 7) is 4.27. The second-order valence-electron chi connectivity index (χ2n) is 8.67. The molecular weight excluding hydrogens is 385 g/mol. The first kappa shape index (κ1) is 22.7. The van der Waals surface area contributed by atoms with Gasteiger partial charge in [-0.05, 0) is 92.5 Å². The van der Waals surface area contributed by atoms with Crippen molar-refractivity contribution >= 4 is 0 Å². The molecule has 2 aromatic carbocycles. The van der Waals surface area contributed by atoms with Gasteiger partial charge in [0, 0.05) is 0 Å². The van der Waals surface area contributed by atoms with E-state index in [1.54, 1.807) is 31.2 Å². The molecule has 0 saturated heterocycles. The molecule has 0 unspecified atom stereocenters. The Hall–Kier alpha value is -1.97. The summed E-state index contributed by atoms with van der Waals surface area (Å²) in [7, 11) is 0. The maximum absolute atomic E-state index is 14.4. The summed E-state index contributed by atoms with van der Waals surface area (Å²) in [4.78, 5) is 0. The van der Waals surface area contributed by atoms with E-state index in [1.165, 1.54) is 0 Å². The van der Waals surface area contributed by atoms with Crippen LogP contribution < -0.4 is 4.74 Å². The van der Waals surface area contributed by atoms with Crippen molar-refractivity contribution in [3.05, 3.63) is 64.5 Å². The number of hydrogen-bond acceptors (Lipinski definition) is 1. The Morgan fingerprint density at radius 3 is 2.40 bits per heavy atom. The third kappa shape index (κ3) is 5.80. The summed E-state index contributed by atoms with van der Waals surface area (Å²) in [5.74, 6) is -0.486. The molecule has 0 aromatic heterocycles. The van der Waals surface area contributed by atoms with E-state index in [-0.39, 0.29) is 5.82 Å². The van der Waals surface area contributed by atoms with Crippen LogP contribution in [0.5, 0.6) is 5.75 Å². The first-order valence-corrected chi connectivity index (χ1v) is 11.3. The van der Waals surface area contributed by atoms with Gasteiger partial charge < -0.3 is 4.74 Å². The van der Waals surface area contributed by atoms with Gasteiger partial charge in [0.15, 0.2) is 23.2 Å². The molecule has 0 N–H and O–H groups in total. The minimum Gasteiger partial charge on any atom is -0.491 e. The second-order valence-corrected chi connectivity index (χ2v) is 8.67. The van der Waals surface area contributed by atoms with Gasteiger partial charge in [0.2, 0.25) is 0 Å². The van der Waals surface area contributed by atoms with Crippen molar-refractivity contribution in [3.8, 4) is 5.75 Å². The summed E-state index contributed by atoms with van der Waals surface area (Å²) in [5.41, 5.74) is 1.86. The molecule has 164 valence electrons. The maximum atomic E-state index is 14.4. The van der Waals surface area contributed by atoms with Crippen LogP contribution >= 0.6 is 0 Å². The molecule has 1 aliphatic rings. The van der Waals surface area contributed by atoms with E-state index in [0.717, 1.165) is 56.9 Å². The van der Waals surface area contributed by atoms with Gasteiger partial charge in [-0.25, -0.2) is 13.2 Å². The zero-order valence-electron chi connectivity index (χ0n) is 18.2. The van der Waals surface area contributed by atoms with Crippen LogP contribution in [-0.2, 0) is 6.42 Å². The topological polar surface area (TPSA) is 9.23 Å². The summed E-state index contributed by atoms with van der Waals surface area (Å²) in [6, 6.07) is 8.74. The lowest BCUT2D eigenvalue weighted by Crippen LogP contribution is -2.14. The first-order chi connectivity index (χ1) is 14.5. The first-order valence-electron chi connectivity index (χ1n) is 11.3. The van der Waals surface area contributed by atoms with Gasteiger partial charge >= 0.3 is 0 Å². The number of halogens is 3. The lowest BCUT2D eigenvalue weighted by Gasteiger charge is -2.29. The standard InChI is InChI=1S/C26H33F3O/c1-3-4-5-16-30-24-15-14-22(17-23(24)27)20-11-7-19(8-12-20)9-13-21-10-6-18(2)25(28)26(21)29/h6,10,14-15,17,19-20H,3-5,7-9,11-13,16H2,1-2H3. The summed E-state index contributed by atoms with van der Waals surface area (Å²) >= 11 is 0. The van der Waals surface area contributed by atoms with E-state index < -0.39 is 11.6 Å². The number of benzene rings is 2. The van der Waals surface area contributed by atoms with Crippen LogP contribution in [0, 0.1) is 30.3 Å². The van der Waals surface area contributed by atoms with Crippen molar-refractivity contribution < 1.29 is 17.9 Å². The Labute approximate surface area is 178 Å². The molecule has 0 spiro atoms. The highest BCUT2D eigenvalue weighted by molar-refractivity contribution is 5.31. The average molecular weight is 419 g/mol. The summed E-state index contributed by atoms with van der Waals surface area (Å²) < 4.78 is 47.8. The maximum Gasteiger partial charge on any atom is 0.165 e. The molecule has 1 nitrogen and oxygen atoms in total. The fraction of sp³-hybridized carbons (Fsp3) is 0.538. The summed E-state index contributed by atoms with van der Waals surface area (Å²) in [5, 5.41) is 0. The molecule has 1 aliphatic carbocycles. The van der Waals surface area contributed by atoms with Crippen LogP contribution in [0.2, 0.25) is 0 Å². The van der Waals surface area contributed by atoms with E-state index in [2.05, 4.69) is 6.92 Å². The fourth-order valence-electron chi connectivity index (χ4n) is 4.45. The highest BCUT2D eigenvalue weighted by Crippen LogP contribution is 2.38. The molecule has 0 atom stereocenters. The number of unbranched alkanes of at least 4 members (excludes halogenated alkanes) is 2. The largest absolute Gasteiger partial charge is 0.491 e. The van der Waals surface area contributed by atoms with E-state index in [4.69, 9.17) is 4.74 Å². The van der Waals surface area contributed by atoms with Crippen molar-refractivity contribution in [2.75, 3.05) is 6.61 Å². The van der Waals surface area contributed by atoms with Gasteiger partial charge in [0.05, 0.1) is 6.61 Å². The Balaban J connectivity index is 1.48. The van der Waals surface area contributed by atoms with Crippen LogP contribution in [0.15, 0.2) is 30.3 Å². The lowest BCUT2D eigenvalue weighted by atomic mass is 9.77. The molecule has 0 amide bonds. The molecule has 1 fully saturated rings. The highest BCUT2D eigenvalue weighted by Gasteiger charge is 2.23. The predicted molar refractivity (Wildman–Crippen MR) is 116 cm³/mol. The van der Waals surface area contributed by atoms with Crippen molar-refractivity contribution in [2.24, 2.45) is 5.92 Å². The van der Waals surface area contributed by atoms with Crippen LogP contribution in [0.25, 0.3) is 0 Å². The molecule has 0 radical (unpaired) electrons. The SMILES string of the molecule is CCCCCOc1ccc(C2CCC(CCc3ccc(C)c(F)c3F)CC2)cc1F. The highest BCUT2D eigenvalue weighted by atomic mass is 19.2. The van der Waals surface area contributed by atoms with E-state index >= 15 is 0 Å². The van der Waals surface area contributed by atoms with Crippen molar-refractivity contribution in [1.82, 2.24) is 0 Å². The number of aryl methyl sites for hydroxylation is 2. The zero-order valence-corrected chi connectivity index (χ0v) is 18.2. The molecule has 0 heterocycles. The molecule has 1 saturated carbocycles. The van der Waals surface area contributed by atoms with Gasteiger partial charge in [0.25, 0.3) is 0 Å². The summed E-state index contributed by atoms with van der Waals surface area (Å²) in [6.07, 6.45) is 8.67. The number of ether oxygens (including phenoxy) is 1. The van der Waals surface area contributed by atoms with Gasteiger partial charge in [-0.2, -0.15) is 0 Å². The predicted octanol–water partition coefficient (Wildman–Crippen LogP) is 7.89. The van der Waals surface area contributed by atoms with Crippen LogP contribution in [0.3, 0.4) is 0 Å². The van der Waals surface area contributed by atoms with Gasteiger partial charge in [-0.15, -0.1) is 0 Å². The molecule has 0 aliphatic heterocycles. The van der Waals surface area contributed by atoms with Gasteiger partial charge in [0.1, 0.15) is 0 Å². The fourth-order valence-corrected chi connectivity index (χ4v) is 4.45. The van der Waals surface area contributed by atoms with Gasteiger partial charge in [-0.1, -0.05) is 38.0 Å². The average Bonchev–Trinajstić information content (AvgIpc) is 2.76. The van der Waals surface area contributed by atoms with E-state index in [1.807, 2.05) is 6.07 Å².